The van der Waals surface area contributed by atoms with Gasteiger partial charge in [0.05, 0.1) is 0 Å². The zero-order chi connectivity index (χ0) is 10.9. The first-order valence-electron chi connectivity index (χ1n) is 4.90. The second-order valence-corrected chi connectivity index (χ2v) is 6.81. The molecule has 1 aromatic rings. The van der Waals surface area contributed by atoms with Crippen molar-refractivity contribution in [1.82, 2.24) is 4.31 Å². The van der Waals surface area contributed by atoms with Crippen molar-refractivity contribution in [3.05, 3.63) is 17.5 Å². The van der Waals surface area contributed by atoms with Gasteiger partial charge in [0.15, 0.2) is 0 Å². The number of sulfonamides is 1. The van der Waals surface area contributed by atoms with Gasteiger partial charge in [-0.05, 0) is 24.3 Å². The summed E-state index contributed by atoms with van der Waals surface area (Å²) in [6.45, 7) is 1.04. The standard InChI is InChI=1S/C9H14N2O2S2.ClH/c10-8-3-1-5-11(7-8)15(12,13)9-4-2-6-14-9;/h2,4,6,8H,1,3,5,7,10H2;1H. The molecule has 2 N–H and O–H groups in total. The van der Waals surface area contributed by atoms with Crippen LogP contribution in [0.3, 0.4) is 0 Å². The van der Waals surface area contributed by atoms with E-state index in [0.717, 1.165) is 12.8 Å². The molecule has 2 rings (SSSR count). The normalized spacial score (nSPS) is 22.7. The summed E-state index contributed by atoms with van der Waals surface area (Å²) in [5, 5.41) is 1.77. The minimum atomic E-state index is -3.28. The molecule has 1 aliphatic heterocycles. The van der Waals surface area contributed by atoms with E-state index in [4.69, 9.17) is 5.73 Å². The number of thiophene rings is 1. The minimum Gasteiger partial charge on any atom is -0.327 e. The SMILES string of the molecule is Cl.NC1CCCN(S(=O)(=O)c2cccs2)C1. The lowest BCUT2D eigenvalue weighted by Gasteiger charge is -2.29. The smallest absolute Gasteiger partial charge is 0.252 e. The highest BCUT2D eigenvalue weighted by Gasteiger charge is 2.29. The molecule has 1 atom stereocenters. The van der Waals surface area contributed by atoms with Crippen LogP contribution in [-0.2, 0) is 10.0 Å². The molecular weight excluding hydrogens is 268 g/mol. The molecule has 4 nitrogen and oxygen atoms in total. The first kappa shape index (κ1) is 13.9. The van der Waals surface area contributed by atoms with E-state index < -0.39 is 10.0 Å². The van der Waals surface area contributed by atoms with Gasteiger partial charge < -0.3 is 5.73 Å². The highest BCUT2D eigenvalue weighted by molar-refractivity contribution is 7.91. The molecule has 0 spiro atoms. The zero-order valence-corrected chi connectivity index (χ0v) is 11.2. The highest BCUT2D eigenvalue weighted by Crippen LogP contribution is 2.23. The van der Waals surface area contributed by atoms with Gasteiger partial charge in [0, 0.05) is 19.1 Å². The van der Waals surface area contributed by atoms with Crippen LogP contribution in [0.25, 0.3) is 0 Å². The van der Waals surface area contributed by atoms with Crippen molar-refractivity contribution in [2.75, 3.05) is 13.1 Å². The average Bonchev–Trinajstić information content (AvgIpc) is 2.71. The second kappa shape index (κ2) is 5.46. The molecule has 16 heavy (non-hydrogen) atoms. The van der Waals surface area contributed by atoms with Gasteiger partial charge in [0.1, 0.15) is 4.21 Å². The van der Waals surface area contributed by atoms with Gasteiger partial charge in [-0.2, -0.15) is 4.31 Å². The van der Waals surface area contributed by atoms with Crippen molar-refractivity contribution in [2.24, 2.45) is 5.73 Å². The van der Waals surface area contributed by atoms with Crippen molar-refractivity contribution in [3.63, 3.8) is 0 Å². The van der Waals surface area contributed by atoms with Crippen LogP contribution in [0.5, 0.6) is 0 Å². The molecule has 0 saturated carbocycles. The molecule has 0 radical (unpaired) electrons. The fourth-order valence-corrected chi connectivity index (χ4v) is 4.41. The van der Waals surface area contributed by atoms with E-state index >= 15 is 0 Å². The molecular formula is C9H15ClN2O2S2. The fraction of sp³-hybridized carbons (Fsp3) is 0.556. The van der Waals surface area contributed by atoms with E-state index in [1.54, 1.807) is 17.5 Å². The van der Waals surface area contributed by atoms with Gasteiger partial charge in [-0.3, -0.25) is 0 Å². The Morgan fingerprint density at radius 3 is 2.81 bits per heavy atom. The minimum absolute atomic E-state index is 0. The van der Waals surface area contributed by atoms with Crippen LogP contribution in [0, 0.1) is 0 Å². The highest BCUT2D eigenvalue weighted by atomic mass is 35.5. The van der Waals surface area contributed by atoms with E-state index in [2.05, 4.69) is 0 Å². The number of nitrogens with two attached hydrogens (primary N) is 1. The van der Waals surface area contributed by atoms with E-state index in [1.165, 1.54) is 15.6 Å². The van der Waals surface area contributed by atoms with Crippen molar-refractivity contribution in [2.45, 2.75) is 23.1 Å². The van der Waals surface area contributed by atoms with Gasteiger partial charge >= 0.3 is 0 Å². The molecule has 1 unspecified atom stereocenters. The maximum absolute atomic E-state index is 12.1. The molecule has 0 aromatic carbocycles. The Hall–Kier alpha value is -0.140. The number of hydrogen-bond donors (Lipinski definition) is 1. The summed E-state index contributed by atoms with van der Waals surface area (Å²) in [6, 6.07) is 3.37. The Morgan fingerprint density at radius 1 is 1.50 bits per heavy atom. The fourth-order valence-electron chi connectivity index (χ4n) is 1.73. The topological polar surface area (TPSA) is 63.4 Å². The molecule has 0 bridgehead atoms. The molecule has 1 aromatic heterocycles. The average molecular weight is 283 g/mol. The Kier molecular flexibility index (Phi) is 4.75. The van der Waals surface area contributed by atoms with Crippen LogP contribution in [-0.4, -0.2) is 31.9 Å². The van der Waals surface area contributed by atoms with Crippen LogP contribution in [0.1, 0.15) is 12.8 Å². The summed E-state index contributed by atoms with van der Waals surface area (Å²) in [6.07, 6.45) is 1.77. The van der Waals surface area contributed by atoms with E-state index in [1.807, 2.05) is 0 Å². The lowest BCUT2D eigenvalue weighted by Crippen LogP contribution is -2.45. The van der Waals surface area contributed by atoms with Crippen LogP contribution < -0.4 is 5.73 Å². The number of rotatable bonds is 2. The lowest BCUT2D eigenvalue weighted by molar-refractivity contribution is 0.316. The van der Waals surface area contributed by atoms with Gasteiger partial charge in [-0.1, -0.05) is 6.07 Å². The van der Waals surface area contributed by atoms with Crippen LogP contribution >= 0.6 is 23.7 Å². The van der Waals surface area contributed by atoms with Crippen molar-refractivity contribution >= 4 is 33.8 Å². The van der Waals surface area contributed by atoms with E-state index in [-0.39, 0.29) is 18.4 Å². The molecule has 0 aliphatic carbocycles. The van der Waals surface area contributed by atoms with Crippen molar-refractivity contribution < 1.29 is 8.42 Å². The summed E-state index contributed by atoms with van der Waals surface area (Å²) in [5.41, 5.74) is 5.77. The third-order valence-electron chi connectivity index (χ3n) is 2.51. The summed E-state index contributed by atoms with van der Waals surface area (Å²) in [5.74, 6) is 0. The number of halogens is 1. The monoisotopic (exact) mass is 282 g/mol. The van der Waals surface area contributed by atoms with E-state index in [0.29, 0.717) is 17.3 Å². The summed E-state index contributed by atoms with van der Waals surface area (Å²) < 4.78 is 26.1. The lowest BCUT2D eigenvalue weighted by atomic mass is 10.1. The zero-order valence-electron chi connectivity index (χ0n) is 8.70. The Bertz CT molecular complexity index is 419. The maximum Gasteiger partial charge on any atom is 0.252 e. The summed E-state index contributed by atoms with van der Waals surface area (Å²) in [7, 11) is -3.28. The molecule has 0 amide bonds. The maximum atomic E-state index is 12.1. The van der Waals surface area contributed by atoms with Crippen molar-refractivity contribution in [1.29, 1.82) is 0 Å². The third kappa shape index (κ3) is 2.75. The van der Waals surface area contributed by atoms with Gasteiger partial charge in [0.25, 0.3) is 10.0 Å². The largest absolute Gasteiger partial charge is 0.327 e. The first-order chi connectivity index (χ1) is 7.10. The number of piperidine rings is 1. The quantitative estimate of drug-likeness (QED) is 0.889. The van der Waals surface area contributed by atoms with Gasteiger partial charge in [-0.15, -0.1) is 23.7 Å². The Morgan fingerprint density at radius 2 is 2.25 bits per heavy atom. The Balaban J connectivity index is 0.00000128. The molecule has 1 saturated heterocycles. The van der Waals surface area contributed by atoms with E-state index in [9.17, 15) is 8.42 Å². The molecule has 92 valence electrons. The molecule has 1 fully saturated rings. The summed E-state index contributed by atoms with van der Waals surface area (Å²) >= 11 is 1.25. The predicted octanol–water partition coefficient (Wildman–Crippen LogP) is 1.28. The van der Waals surface area contributed by atoms with Crippen LogP contribution in [0.15, 0.2) is 21.7 Å². The Labute approximate surface area is 106 Å². The van der Waals surface area contributed by atoms with Crippen LogP contribution in [0.4, 0.5) is 0 Å². The number of hydrogen-bond acceptors (Lipinski definition) is 4. The third-order valence-corrected chi connectivity index (χ3v) is 5.75. The summed E-state index contributed by atoms with van der Waals surface area (Å²) in [4.78, 5) is 0. The molecule has 7 heteroatoms. The predicted molar refractivity (Wildman–Crippen MR) is 67.5 cm³/mol. The second-order valence-electron chi connectivity index (χ2n) is 3.70. The van der Waals surface area contributed by atoms with Crippen molar-refractivity contribution in [3.8, 4) is 0 Å². The number of nitrogens with zero attached hydrogens (tertiary/aromatic N) is 1. The van der Waals surface area contributed by atoms with Crippen LogP contribution in [0.2, 0.25) is 0 Å². The first-order valence-corrected chi connectivity index (χ1v) is 7.22. The van der Waals surface area contributed by atoms with Gasteiger partial charge in [0.2, 0.25) is 0 Å². The molecule has 2 heterocycles. The van der Waals surface area contributed by atoms with Gasteiger partial charge in [-0.25, -0.2) is 8.42 Å². The molecule has 1 aliphatic rings.